The number of hydrogen-bond acceptors (Lipinski definition) is 3. The van der Waals surface area contributed by atoms with Gasteiger partial charge in [-0.25, -0.2) is 0 Å². The first-order valence-corrected chi connectivity index (χ1v) is 7.21. The van der Waals surface area contributed by atoms with Gasteiger partial charge in [0.05, 0.1) is 5.69 Å². The Bertz CT molecular complexity index is 614. The van der Waals surface area contributed by atoms with Crippen molar-refractivity contribution in [2.75, 3.05) is 5.32 Å². The zero-order chi connectivity index (χ0) is 13.5. The van der Waals surface area contributed by atoms with Gasteiger partial charge < -0.3 is 5.32 Å². The summed E-state index contributed by atoms with van der Waals surface area (Å²) in [6.07, 6.45) is 1.98. The third-order valence-electron chi connectivity index (χ3n) is 3.75. The second-order valence-corrected chi connectivity index (χ2v) is 6.14. The summed E-state index contributed by atoms with van der Waals surface area (Å²) in [4.78, 5) is 12.1. The summed E-state index contributed by atoms with van der Waals surface area (Å²) in [5.41, 5.74) is 2.95. The van der Waals surface area contributed by atoms with Crippen molar-refractivity contribution in [1.29, 1.82) is 0 Å². The van der Waals surface area contributed by atoms with Crippen LogP contribution in [0.25, 0.3) is 11.3 Å². The van der Waals surface area contributed by atoms with E-state index >= 15 is 0 Å². The Balaban J connectivity index is 1.85. The Morgan fingerprint density at radius 3 is 2.63 bits per heavy atom. The van der Waals surface area contributed by atoms with Gasteiger partial charge in [-0.15, -0.1) is 0 Å². The fourth-order valence-electron chi connectivity index (χ4n) is 1.99. The summed E-state index contributed by atoms with van der Waals surface area (Å²) >= 11 is 1.36. The zero-order valence-electron chi connectivity index (χ0n) is 11.1. The van der Waals surface area contributed by atoms with Crippen LogP contribution in [0.2, 0.25) is 0 Å². The maximum absolute atomic E-state index is 12.1. The minimum atomic E-state index is -0.149. The standard InChI is InChI=1S/C15H16N2OS/c1-10-12(11-6-4-3-5-7-11)17-19-13(10)16-14(18)15(2)8-9-15/h3-7H,8-9H2,1-2H3,(H,16,18). The number of benzene rings is 1. The molecule has 0 radical (unpaired) electrons. The monoisotopic (exact) mass is 272 g/mol. The lowest BCUT2D eigenvalue weighted by atomic mass is 10.1. The van der Waals surface area contributed by atoms with E-state index < -0.39 is 0 Å². The molecule has 2 aromatic rings. The van der Waals surface area contributed by atoms with E-state index in [0.717, 1.165) is 34.7 Å². The number of amides is 1. The van der Waals surface area contributed by atoms with Crippen molar-refractivity contribution in [2.45, 2.75) is 26.7 Å². The van der Waals surface area contributed by atoms with Gasteiger partial charge in [0.15, 0.2) is 0 Å². The molecule has 1 N–H and O–H groups in total. The highest BCUT2D eigenvalue weighted by molar-refractivity contribution is 7.10. The van der Waals surface area contributed by atoms with Gasteiger partial charge in [-0.3, -0.25) is 4.79 Å². The highest BCUT2D eigenvalue weighted by Gasteiger charge is 2.45. The first-order valence-electron chi connectivity index (χ1n) is 6.43. The number of nitrogens with one attached hydrogen (secondary N) is 1. The minimum Gasteiger partial charge on any atom is -0.316 e. The Morgan fingerprint density at radius 2 is 2.00 bits per heavy atom. The van der Waals surface area contributed by atoms with Gasteiger partial charge in [0.25, 0.3) is 0 Å². The fourth-order valence-corrected chi connectivity index (χ4v) is 2.78. The van der Waals surface area contributed by atoms with Crippen molar-refractivity contribution in [3.8, 4) is 11.3 Å². The molecule has 4 heteroatoms. The third-order valence-corrected chi connectivity index (χ3v) is 4.61. The van der Waals surface area contributed by atoms with Crippen molar-refractivity contribution in [3.05, 3.63) is 35.9 Å². The number of nitrogens with zero attached hydrogens (tertiary/aromatic N) is 1. The zero-order valence-corrected chi connectivity index (χ0v) is 11.9. The topological polar surface area (TPSA) is 42.0 Å². The lowest BCUT2D eigenvalue weighted by molar-refractivity contribution is -0.120. The molecule has 0 atom stereocenters. The SMILES string of the molecule is Cc1c(-c2ccccc2)nsc1NC(=O)C1(C)CC1. The lowest BCUT2D eigenvalue weighted by Gasteiger charge is -2.08. The average molecular weight is 272 g/mol. The van der Waals surface area contributed by atoms with E-state index in [1.54, 1.807) is 0 Å². The molecule has 0 unspecified atom stereocenters. The van der Waals surface area contributed by atoms with Gasteiger partial charge in [0, 0.05) is 16.5 Å². The second kappa shape index (κ2) is 4.46. The number of hydrogen-bond donors (Lipinski definition) is 1. The Kier molecular flexibility index (Phi) is 2.90. The molecule has 0 bridgehead atoms. The molecule has 1 aromatic heterocycles. The van der Waals surface area contributed by atoms with Crippen molar-refractivity contribution in [2.24, 2.45) is 5.41 Å². The highest BCUT2D eigenvalue weighted by Crippen LogP contribution is 2.46. The van der Waals surface area contributed by atoms with E-state index in [4.69, 9.17) is 0 Å². The number of carbonyl (C=O) groups is 1. The summed E-state index contributed by atoms with van der Waals surface area (Å²) < 4.78 is 4.47. The van der Waals surface area contributed by atoms with E-state index in [-0.39, 0.29) is 11.3 Å². The molecule has 19 heavy (non-hydrogen) atoms. The van der Waals surface area contributed by atoms with E-state index in [0.29, 0.717) is 0 Å². The normalized spacial score (nSPS) is 16.1. The van der Waals surface area contributed by atoms with Crippen LogP contribution < -0.4 is 5.32 Å². The van der Waals surface area contributed by atoms with Gasteiger partial charge in [-0.05, 0) is 31.3 Å². The van der Waals surface area contributed by atoms with Gasteiger partial charge in [-0.1, -0.05) is 37.3 Å². The van der Waals surface area contributed by atoms with Crippen molar-refractivity contribution in [1.82, 2.24) is 4.37 Å². The molecule has 3 rings (SSSR count). The van der Waals surface area contributed by atoms with Crippen LogP contribution in [0.15, 0.2) is 30.3 Å². The molecular weight excluding hydrogens is 256 g/mol. The predicted molar refractivity (Wildman–Crippen MR) is 78.3 cm³/mol. The molecule has 1 heterocycles. The Labute approximate surface area is 116 Å². The molecule has 1 aliphatic carbocycles. The molecule has 0 saturated heterocycles. The van der Waals surface area contributed by atoms with Crippen molar-refractivity contribution >= 4 is 22.4 Å². The van der Waals surface area contributed by atoms with Gasteiger partial charge >= 0.3 is 0 Å². The lowest BCUT2D eigenvalue weighted by Crippen LogP contribution is -2.21. The largest absolute Gasteiger partial charge is 0.316 e. The van der Waals surface area contributed by atoms with Crippen LogP contribution in [0, 0.1) is 12.3 Å². The van der Waals surface area contributed by atoms with E-state index in [2.05, 4.69) is 9.69 Å². The van der Waals surface area contributed by atoms with E-state index in [1.165, 1.54) is 11.5 Å². The number of carbonyl (C=O) groups excluding carboxylic acids is 1. The van der Waals surface area contributed by atoms with E-state index in [9.17, 15) is 4.79 Å². The molecule has 1 aromatic carbocycles. The smallest absolute Gasteiger partial charge is 0.230 e. The third kappa shape index (κ3) is 2.28. The fraction of sp³-hybridized carbons (Fsp3) is 0.333. The molecule has 1 saturated carbocycles. The van der Waals surface area contributed by atoms with Crippen LogP contribution in [-0.4, -0.2) is 10.3 Å². The van der Waals surface area contributed by atoms with Gasteiger partial charge in [0.1, 0.15) is 5.00 Å². The molecule has 1 amide bonds. The molecule has 0 spiro atoms. The molecule has 0 aliphatic heterocycles. The minimum absolute atomic E-state index is 0.124. The highest BCUT2D eigenvalue weighted by atomic mass is 32.1. The molecule has 3 nitrogen and oxygen atoms in total. The van der Waals surface area contributed by atoms with E-state index in [1.807, 2.05) is 44.2 Å². The summed E-state index contributed by atoms with van der Waals surface area (Å²) in [6, 6.07) is 10.1. The average Bonchev–Trinajstić information content (AvgIpc) is 3.08. The molecular formula is C15H16N2OS. The van der Waals surface area contributed by atoms with Gasteiger partial charge in [-0.2, -0.15) is 4.37 Å². The van der Waals surface area contributed by atoms with Crippen LogP contribution in [-0.2, 0) is 4.79 Å². The number of anilines is 1. The van der Waals surface area contributed by atoms with Crippen molar-refractivity contribution < 1.29 is 4.79 Å². The van der Waals surface area contributed by atoms with Crippen LogP contribution in [0.1, 0.15) is 25.3 Å². The van der Waals surface area contributed by atoms with Gasteiger partial charge in [0.2, 0.25) is 5.91 Å². The Hall–Kier alpha value is -1.68. The summed E-state index contributed by atoms with van der Waals surface area (Å²) in [6.45, 7) is 4.02. The van der Waals surface area contributed by atoms with Crippen LogP contribution in [0.5, 0.6) is 0 Å². The molecule has 1 aliphatic rings. The van der Waals surface area contributed by atoms with Crippen LogP contribution >= 0.6 is 11.5 Å². The second-order valence-electron chi connectivity index (χ2n) is 5.37. The summed E-state index contributed by atoms with van der Waals surface area (Å²) in [5.74, 6) is 0.124. The number of aromatic nitrogens is 1. The first-order chi connectivity index (χ1) is 9.10. The molecule has 1 fully saturated rings. The maximum Gasteiger partial charge on any atom is 0.230 e. The number of rotatable bonds is 3. The summed E-state index contributed by atoms with van der Waals surface area (Å²) in [5, 5.41) is 3.89. The maximum atomic E-state index is 12.1. The Morgan fingerprint density at radius 1 is 1.32 bits per heavy atom. The van der Waals surface area contributed by atoms with Crippen LogP contribution in [0.3, 0.4) is 0 Å². The van der Waals surface area contributed by atoms with Crippen molar-refractivity contribution in [3.63, 3.8) is 0 Å². The quantitative estimate of drug-likeness (QED) is 0.922. The molecule has 98 valence electrons. The first kappa shape index (κ1) is 12.4. The van der Waals surface area contributed by atoms with Crippen LogP contribution in [0.4, 0.5) is 5.00 Å². The summed E-state index contributed by atoms with van der Waals surface area (Å²) in [7, 11) is 0. The predicted octanol–water partition coefficient (Wildman–Crippen LogP) is 3.86.